The van der Waals surface area contributed by atoms with Crippen molar-refractivity contribution < 1.29 is 27.8 Å². The molecule has 2 rings (SSSR count). The summed E-state index contributed by atoms with van der Waals surface area (Å²) in [6.45, 7) is 0.472. The number of aromatic carboxylic acids is 1. The van der Waals surface area contributed by atoms with Crippen molar-refractivity contribution in [1.82, 2.24) is 9.78 Å². The van der Waals surface area contributed by atoms with Crippen molar-refractivity contribution in [2.24, 2.45) is 0 Å². The third-order valence-electron chi connectivity index (χ3n) is 3.23. The molecule has 1 heterocycles. The first-order valence-electron chi connectivity index (χ1n) is 6.51. The first kappa shape index (κ1) is 16.8. The molecule has 0 aliphatic heterocycles. The number of hydrogen-bond acceptors (Lipinski definition) is 4. The van der Waals surface area contributed by atoms with Gasteiger partial charge in [0.1, 0.15) is 0 Å². The van der Waals surface area contributed by atoms with Crippen LogP contribution >= 0.6 is 0 Å². The van der Waals surface area contributed by atoms with Gasteiger partial charge in [-0.1, -0.05) is 0 Å². The van der Waals surface area contributed by atoms with Crippen molar-refractivity contribution in [3.8, 4) is 11.3 Å². The zero-order valence-electron chi connectivity index (χ0n) is 12.1. The van der Waals surface area contributed by atoms with Gasteiger partial charge in [0.05, 0.1) is 30.0 Å². The lowest BCUT2D eigenvalue weighted by Gasteiger charge is -2.16. The Hall–Kier alpha value is -2.55. The van der Waals surface area contributed by atoms with Crippen LogP contribution in [0.3, 0.4) is 0 Å². The summed E-state index contributed by atoms with van der Waals surface area (Å²) < 4.78 is 46.0. The van der Waals surface area contributed by atoms with E-state index in [0.29, 0.717) is 6.07 Å². The Labute approximate surface area is 129 Å². The van der Waals surface area contributed by atoms with Crippen LogP contribution in [0.5, 0.6) is 0 Å². The Morgan fingerprint density at radius 1 is 1.43 bits per heavy atom. The predicted octanol–water partition coefficient (Wildman–Crippen LogP) is 2.50. The predicted molar refractivity (Wildman–Crippen MR) is 75.9 cm³/mol. The normalized spacial score (nSPS) is 11.7. The number of benzene rings is 1. The number of methoxy groups -OCH3 is 1. The molecule has 0 atom stereocenters. The summed E-state index contributed by atoms with van der Waals surface area (Å²) >= 11 is 0. The number of nitrogens with zero attached hydrogens (tertiary/aromatic N) is 2. The molecule has 0 saturated heterocycles. The van der Waals surface area contributed by atoms with Crippen LogP contribution in [0.1, 0.15) is 15.9 Å². The number of ether oxygens (including phenoxy) is 1. The van der Waals surface area contributed by atoms with Crippen LogP contribution < -0.4 is 5.73 Å². The molecule has 2 aromatic rings. The Morgan fingerprint density at radius 2 is 2.13 bits per heavy atom. The molecular weight excluding hydrogens is 315 g/mol. The van der Waals surface area contributed by atoms with Crippen molar-refractivity contribution in [2.45, 2.75) is 12.7 Å². The number of alkyl halides is 3. The Morgan fingerprint density at radius 3 is 2.70 bits per heavy atom. The van der Waals surface area contributed by atoms with Crippen molar-refractivity contribution in [2.75, 3.05) is 19.5 Å². The van der Waals surface area contributed by atoms with Gasteiger partial charge in [-0.2, -0.15) is 18.3 Å². The first-order valence-corrected chi connectivity index (χ1v) is 6.51. The minimum Gasteiger partial charge on any atom is -0.478 e. The summed E-state index contributed by atoms with van der Waals surface area (Å²) in [5.74, 6) is -1.40. The second-order valence-electron chi connectivity index (χ2n) is 4.72. The van der Waals surface area contributed by atoms with E-state index in [0.717, 1.165) is 6.07 Å². The fourth-order valence-corrected chi connectivity index (χ4v) is 2.17. The molecule has 0 fully saturated rings. The smallest absolute Gasteiger partial charge is 0.417 e. The molecule has 1 aromatic carbocycles. The van der Waals surface area contributed by atoms with Gasteiger partial charge in [-0.25, -0.2) is 4.79 Å². The molecular formula is C14H14F3N3O3. The second-order valence-corrected chi connectivity index (χ2v) is 4.72. The van der Waals surface area contributed by atoms with E-state index in [1.807, 2.05) is 0 Å². The number of rotatable bonds is 5. The fourth-order valence-electron chi connectivity index (χ4n) is 2.17. The molecule has 1 aromatic heterocycles. The van der Waals surface area contributed by atoms with E-state index >= 15 is 0 Å². The Balaban J connectivity index is 2.66. The number of hydrogen-bond donors (Lipinski definition) is 2. The monoisotopic (exact) mass is 329 g/mol. The van der Waals surface area contributed by atoms with E-state index in [2.05, 4.69) is 5.10 Å². The fraction of sp³-hybridized carbons (Fsp3) is 0.286. The molecule has 3 N–H and O–H groups in total. The van der Waals surface area contributed by atoms with Gasteiger partial charge in [-0.3, -0.25) is 4.68 Å². The molecule has 9 heteroatoms. The van der Waals surface area contributed by atoms with Gasteiger partial charge >= 0.3 is 12.1 Å². The number of carboxylic acids is 1. The topological polar surface area (TPSA) is 90.4 Å². The highest BCUT2D eigenvalue weighted by atomic mass is 19.4. The summed E-state index contributed by atoms with van der Waals surface area (Å²) in [7, 11) is 1.45. The highest BCUT2D eigenvalue weighted by Crippen LogP contribution is 2.39. The van der Waals surface area contributed by atoms with Crippen LogP contribution in [0, 0.1) is 0 Å². The van der Waals surface area contributed by atoms with E-state index in [-0.39, 0.29) is 24.4 Å². The number of carboxylic acid groups (broad SMARTS) is 1. The minimum atomic E-state index is -4.68. The highest BCUT2D eigenvalue weighted by Gasteiger charge is 2.35. The van der Waals surface area contributed by atoms with Crippen LogP contribution in [0.4, 0.5) is 18.9 Å². The SMILES string of the molecule is COCCn1nccc1-c1cc(C(=O)O)c(N)cc1C(F)(F)F. The number of anilines is 1. The van der Waals surface area contributed by atoms with Gasteiger partial charge in [0.15, 0.2) is 0 Å². The standard InChI is InChI=1S/C14H14F3N3O3/c1-23-5-4-20-12(2-3-19-20)8-6-9(13(21)22)11(18)7-10(8)14(15,16)17/h2-3,6-7H,4-5,18H2,1H3,(H,21,22). The van der Waals surface area contributed by atoms with Crippen molar-refractivity contribution in [3.05, 3.63) is 35.5 Å². The van der Waals surface area contributed by atoms with Crippen molar-refractivity contribution in [3.63, 3.8) is 0 Å². The van der Waals surface area contributed by atoms with Gasteiger partial charge in [-0.15, -0.1) is 0 Å². The summed E-state index contributed by atoms with van der Waals surface area (Å²) in [6, 6.07) is 2.93. The van der Waals surface area contributed by atoms with Gasteiger partial charge in [0.25, 0.3) is 0 Å². The van der Waals surface area contributed by atoms with Crippen LogP contribution in [0.2, 0.25) is 0 Å². The van der Waals surface area contributed by atoms with Crippen molar-refractivity contribution in [1.29, 1.82) is 0 Å². The average molecular weight is 329 g/mol. The number of nitrogens with two attached hydrogens (primary N) is 1. The molecule has 0 amide bonds. The zero-order valence-corrected chi connectivity index (χ0v) is 12.1. The van der Waals surface area contributed by atoms with E-state index in [1.54, 1.807) is 0 Å². The lowest BCUT2D eigenvalue weighted by atomic mass is 9.99. The van der Waals surface area contributed by atoms with Crippen LogP contribution in [-0.2, 0) is 17.5 Å². The van der Waals surface area contributed by atoms with Gasteiger partial charge < -0.3 is 15.6 Å². The first-order chi connectivity index (χ1) is 10.8. The summed E-state index contributed by atoms with van der Waals surface area (Å²) in [6.07, 6.45) is -3.35. The van der Waals surface area contributed by atoms with Crippen LogP contribution in [0.25, 0.3) is 11.3 Å². The molecule has 23 heavy (non-hydrogen) atoms. The largest absolute Gasteiger partial charge is 0.478 e. The number of halogens is 3. The number of carbonyl (C=O) groups is 1. The third kappa shape index (κ3) is 3.45. The molecule has 0 bridgehead atoms. The summed E-state index contributed by atoms with van der Waals surface area (Å²) in [5, 5.41) is 13.0. The average Bonchev–Trinajstić information content (AvgIpc) is 2.91. The number of nitrogen functional groups attached to an aromatic ring is 1. The van der Waals surface area contributed by atoms with Crippen LogP contribution in [-0.4, -0.2) is 34.6 Å². The molecule has 0 radical (unpaired) electrons. The lowest BCUT2D eigenvalue weighted by molar-refractivity contribution is -0.137. The molecule has 0 aliphatic rings. The molecule has 124 valence electrons. The molecule has 0 unspecified atom stereocenters. The van der Waals surface area contributed by atoms with Gasteiger partial charge in [0, 0.05) is 24.6 Å². The zero-order chi connectivity index (χ0) is 17.2. The Bertz CT molecular complexity index is 726. The molecule has 0 spiro atoms. The Kier molecular flexibility index (Phi) is 4.60. The molecule has 0 aliphatic carbocycles. The van der Waals surface area contributed by atoms with E-state index in [4.69, 9.17) is 15.6 Å². The highest BCUT2D eigenvalue weighted by molar-refractivity contribution is 5.95. The summed E-state index contributed by atoms with van der Waals surface area (Å²) in [5.41, 5.74) is 3.42. The number of aromatic nitrogens is 2. The lowest BCUT2D eigenvalue weighted by Crippen LogP contribution is -2.14. The van der Waals surface area contributed by atoms with Crippen molar-refractivity contribution >= 4 is 11.7 Å². The third-order valence-corrected chi connectivity index (χ3v) is 3.23. The molecule has 0 saturated carbocycles. The summed E-state index contributed by atoms with van der Waals surface area (Å²) in [4.78, 5) is 11.2. The quantitative estimate of drug-likeness (QED) is 0.823. The van der Waals surface area contributed by atoms with E-state index in [9.17, 15) is 18.0 Å². The van der Waals surface area contributed by atoms with Crippen LogP contribution in [0.15, 0.2) is 24.4 Å². The maximum absolute atomic E-state index is 13.3. The van der Waals surface area contributed by atoms with Gasteiger partial charge in [0.2, 0.25) is 0 Å². The second kappa shape index (κ2) is 6.29. The van der Waals surface area contributed by atoms with E-state index < -0.39 is 29.0 Å². The minimum absolute atomic E-state index is 0.136. The van der Waals surface area contributed by atoms with Gasteiger partial charge in [-0.05, 0) is 18.2 Å². The maximum atomic E-state index is 13.3. The van der Waals surface area contributed by atoms with E-state index in [1.165, 1.54) is 24.1 Å². The molecule has 6 nitrogen and oxygen atoms in total. The maximum Gasteiger partial charge on any atom is 0.417 e.